The van der Waals surface area contributed by atoms with Crippen molar-refractivity contribution < 1.29 is 25.2 Å². The Morgan fingerprint density at radius 2 is 1.85 bits per heavy atom. The molecule has 0 amide bonds. The fraction of sp³-hybridized carbons (Fsp3) is 0.462. The van der Waals surface area contributed by atoms with Crippen molar-refractivity contribution in [1.82, 2.24) is 0 Å². The highest BCUT2D eigenvalue weighted by molar-refractivity contribution is 7.78. The molecule has 1 saturated heterocycles. The second-order valence-corrected chi connectivity index (χ2v) is 4.69. The predicted octanol–water partition coefficient (Wildman–Crippen LogP) is -0.0642. The van der Waals surface area contributed by atoms with Crippen LogP contribution in [0.4, 0.5) is 5.69 Å². The zero-order valence-electron chi connectivity index (χ0n) is 10.5. The molecule has 0 bridgehead atoms. The molecule has 2 rings (SSSR count). The number of aliphatic hydroxyl groups is 4. The lowest BCUT2D eigenvalue weighted by molar-refractivity contribution is -0.231. The Hall–Kier alpha value is -1.18. The lowest BCUT2D eigenvalue weighted by Gasteiger charge is -2.40. The van der Waals surface area contributed by atoms with Crippen molar-refractivity contribution in [2.75, 3.05) is 6.61 Å². The third-order valence-electron chi connectivity index (χ3n) is 3.30. The first-order valence-electron chi connectivity index (χ1n) is 6.07. The number of para-hydroxylation sites is 1. The van der Waals surface area contributed by atoms with Crippen LogP contribution in [-0.2, 0) is 4.74 Å². The van der Waals surface area contributed by atoms with Crippen molar-refractivity contribution in [3.63, 3.8) is 0 Å². The SMILES string of the molecule is OC[C@@H]1O[C@@H](c2ccccc2N=C=S)[C@@H](O)[C@H](O)[C@@H]1O. The molecule has 1 heterocycles. The second kappa shape index (κ2) is 6.51. The standard InChI is InChI=1S/C13H15NO5S/c15-5-9-10(16)11(17)12(18)13(19-9)7-3-1-2-4-8(7)14-6-20/h1-4,9-13,15-18H,5H2/t9-,10+,11+,12-,13-/m0/s1. The van der Waals surface area contributed by atoms with Gasteiger partial charge in [0.05, 0.1) is 17.5 Å². The van der Waals surface area contributed by atoms with Gasteiger partial charge in [0.15, 0.2) is 0 Å². The van der Waals surface area contributed by atoms with E-state index in [-0.39, 0.29) is 0 Å². The summed E-state index contributed by atoms with van der Waals surface area (Å²) in [4.78, 5) is 3.88. The van der Waals surface area contributed by atoms with E-state index >= 15 is 0 Å². The number of nitrogens with zero attached hydrogens (tertiary/aromatic N) is 1. The molecule has 0 aromatic heterocycles. The largest absolute Gasteiger partial charge is 0.394 e. The van der Waals surface area contributed by atoms with Crippen LogP contribution in [0, 0.1) is 0 Å². The maximum absolute atomic E-state index is 10.1. The van der Waals surface area contributed by atoms with E-state index in [1.807, 2.05) is 0 Å². The summed E-state index contributed by atoms with van der Waals surface area (Å²) in [5.74, 6) is 0. The van der Waals surface area contributed by atoms with Crippen LogP contribution in [0.15, 0.2) is 29.3 Å². The number of rotatable bonds is 3. The van der Waals surface area contributed by atoms with Crippen LogP contribution in [0.3, 0.4) is 0 Å². The Kier molecular flexibility index (Phi) is 4.95. The Morgan fingerprint density at radius 3 is 2.50 bits per heavy atom. The zero-order valence-corrected chi connectivity index (χ0v) is 11.3. The molecule has 108 valence electrons. The van der Waals surface area contributed by atoms with Gasteiger partial charge in [-0.2, -0.15) is 4.99 Å². The number of ether oxygens (including phenoxy) is 1. The Morgan fingerprint density at radius 1 is 1.15 bits per heavy atom. The van der Waals surface area contributed by atoms with Crippen molar-refractivity contribution >= 4 is 23.1 Å². The number of aliphatic imine (C=N–C) groups is 1. The van der Waals surface area contributed by atoms with Gasteiger partial charge in [0.1, 0.15) is 30.5 Å². The van der Waals surface area contributed by atoms with E-state index in [1.54, 1.807) is 24.3 Å². The monoisotopic (exact) mass is 297 g/mol. The van der Waals surface area contributed by atoms with Gasteiger partial charge in [-0.1, -0.05) is 18.2 Å². The molecule has 7 heteroatoms. The minimum atomic E-state index is -1.42. The van der Waals surface area contributed by atoms with Crippen LogP contribution in [0.5, 0.6) is 0 Å². The van der Waals surface area contributed by atoms with Crippen LogP contribution < -0.4 is 0 Å². The molecule has 0 aliphatic carbocycles. The zero-order chi connectivity index (χ0) is 14.7. The number of isothiocyanates is 1. The van der Waals surface area contributed by atoms with E-state index in [4.69, 9.17) is 4.74 Å². The minimum Gasteiger partial charge on any atom is -0.394 e. The molecule has 0 unspecified atom stereocenters. The average molecular weight is 297 g/mol. The Balaban J connectivity index is 2.38. The van der Waals surface area contributed by atoms with Crippen LogP contribution in [0.2, 0.25) is 0 Å². The van der Waals surface area contributed by atoms with Crippen LogP contribution in [-0.4, -0.2) is 56.6 Å². The molecule has 4 N–H and O–H groups in total. The predicted molar refractivity (Wildman–Crippen MR) is 73.8 cm³/mol. The summed E-state index contributed by atoms with van der Waals surface area (Å²) >= 11 is 4.56. The first-order valence-corrected chi connectivity index (χ1v) is 6.48. The average Bonchev–Trinajstić information content (AvgIpc) is 2.47. The topological polar surface area (TPSA) is 103 Å². The molecule has 0 radical (unpaired) electrons. The molecule has 0 saturated carbocycles. The van der Waals surface area contributed by atoms with Crippen molar-refractivity contribution in [3.8, 4) is 0 Å². The molecule has 1 aliphatic heterocycles. The third-order valence-corrected chi connectivity index (χ3v) is 3.39. The molecule has 6 nitrogen and oxygen atoms in total. The molecule has 1 aliphatic rings. The van der Waals surface area contributed by atoms with Gasteiger partial charge in [-0.05, 0) is 18.3 Å². The summed E-state index contributed by atoms with van der Waals surface area (Å²) in [6, 6.07) is 6.78. The number of hydrogen-bond donors (Lipinski definition) is 4. The second-order valence-electron chi connectivity index (χ2n) is 4.51. The molecule has 1 fully saturated rings. The van der Waals surface area contributed by atoms with Gasteiger partial charge in [-0.3, -0.25) is 0 Å². The lowest BCUT2D eigenvalue weighted by Crippen LogP contribution is -2.55. The minimum absolute atomic E-state index is 0.451. The van der Waals surface area contributed by atoms with E-state index in [0.717, 1.165) is 0 Å². The quantitative estimate of drug-likeness (QED) is 0.460. The maximum Gasteiger partial charge on any atom is 0.114 e. The van der Waals surface area contributed by atoms with Gasteiger partial charge in [-0.15, -0.1) is 0 Å². The van der Waals surface area contributed by atoms with Crippen molar-refractivity contribution in [1.29, 1.82) is 0 Å². The van der Waals surface area contributed by atoms with E-state index in [0.29, 0.717) is 11.3 Å². The summed E-state index contributed by atoms with van der Waals surface area (Å²) in [5, 5.41) is 41.0. The smallest absolute Gasteiger partial charge is 0.114 e. The fourth-order valence-corrected chi connectivity index (χ4v) is 2.34. The van der Waals surface area contributed by atoms with Crippen molar-refractivity contribution in [2.45, 2.75) is 30.5 Å². The van der Waals surface area contributed by atoms with Gasteiger partial charge < -0.3 is 25.2 Å². The molecular weight excluding hydrogens is 282 g/mol. The van der Waals surface area contributed by atoms with Crippen molar-refractivity contribution in [3.05, 3.63) is 29.8 Å². The summed E-state index contributed by atoms with van der Waals surface area (Å²) in [6.45, 7) is -0.472. The van der Waals surface area contributed by atoms with E-state index in [1.165, 1.54) is 0 Å². The van der Waals surface area contributed by atoms with Gasteiger partial charge in [0.2, 0.25) is 0 Å². The van der Waals surface area contributed by atoms with E-state index in [9.17, 15) is 20.4 Å². The van der Waals surface area contributed by atoms with Crippen LogP contribution in [0.25, 0.3) is 0 Å². The van der Waals surface area contributed by atoms with Gasteiger partial charge in [0, 0.05) is 5.56 Å². The lowest BCUT2D eigenvalue weighted by atomic mass is 9.90. The van der Waals surface area contributed by atoms with Gasteiger partial charge in [-0.25, -0.2) is 0 Å². The van der Waals surface area contributed by atoms with Crippen molar-refractivity contribution in [2.24, 2.45) is 4.99 Å². The van der Waals surface area contributed by atoms with Gasteiger partial charge >= 0.3 is 0 Å². The summed E-state index contributed by atoms with van der Waals surface area (Å²) in [6.07, 6.45) is -6.02. The highest BCUT2D eigenvalue weighted by atomic mass is 32.1. The summed E-state index contributed by atoms with van der Waals surface area (Å²) in [7, 11) is 0. The number of benzene rings is 1. The highest BCUT2D eigenvalue weighted by Crippen LogP contribution is 2.36. The molecule has 5 atom stereocenters. The summed E-state index contributed by atoms with van der Waals surface area (Å²) < 4.78 is 5.47. The molecule has 1 aromatic rings. The van der Waals surface area contributed by atoms with Crippen LogP contribution in [0.1, 0.15) is 11.7 Å². The number of thiocarbonyl (C=S) groups is 1. The molecule has 0 spiro atoms. The first kappa shape index (κ1) is 15.2. The number of aliphatic hydroxyl groups excluding tert-OH is 4. The van der Waals surface area contributed by atoms with Crippen LogP contribution >= 0.6 is 12.2 Å². The van der Waals surface area contributed by atoms with E-state index in [2.05, 4.69) is 22.4 Å². The Labute approximate surface area is 121 Å². The number of hydrogen-bond acceptors (Lipinski definition) is 7. The fourth-order valence-electron chi connectivity index (χ4n) is 2.24. The summed E-state index contributed by atoms with van der Waals surface area (Å²) in [5.41, 5.74) is 0.952. The molecule has 1 aromatic carbocycles. The van der Waals surface area contributed by atoms with E-state index < -0.39 is 37.1 Å². The normalized spacial score (nSPS) is 33.5. The Bertz CT molecular complexity index is 517. The highest BCUT2D eigenvalue weighted by Gasteiger charge is 2.44. The van der Waals surface area contributed by atoms with Gasteiger partial charge in [0.25, 0.3) is 0 Å². The maximum atomic E-state index is 10.1. The molecule has 20 heavy (non-hydrogen) atoms. The first-order chi connectivity index (χ1) is 9.60. The molecular formula is C13H15NO5S. The third kappa shape index (κ3) is 2.79.